The molecule has 0 saturated carbocycles. The zero-order chi connectivity index (χ0) is 28.3. The predicted octanol–water partition coefficient (Wildman–Crippen LogP) is 6.89. The van der Waals surface area contributed by atoms with Crippen LogP contribution in [-0.4, -0.2) is 30.3 Å². The molecule has 210 valence electrons. The molecule has 2 rings (SSSR count). The molecular weight excluding hydrogens is 523 g/mol. The molecule has 0 fully saturated rings. The number of thiophene rings is 1. The number of carbonyl (C=O) groups is 2. The molecule has 0 spiro atoms. The van der Waals surface area contributed by atoms with Crippen LogP contribution < -0.4 is 10.9 Å². The van der Waals surface area contributed by atoms with Crippen molar-refractivity contribution < 1.29 is 37.0 Å². The molecule has 7 nitrogen and oxygen atoms in total. The van der Waals surface area contributed by atoms with E-state index >= 15 is 0 Å². The van der Waals surface area contributed by atoms with Gasteiger partial charge >= 0.3 is 17.9 Å². The maximum Gasteiger partial charge on any atom is 0.410 e. The number of hydrogen-bond donors (Lipinski definition) is 2. The summed E-state index contributed by atoms with van der Waals surface area (Å²) in [4.78, 5) is 38.5. The van der Waals surface area contributed by atoms with Crippen LogP contribution in [0.4, 0.5) is 18.0 Å². The van der Waals surface area contributed by atoms with Crippen LogP contribution >= 0.6 is 11.3 Å². The van der Waals surface area contributed by atoms with Crippen molar-refractivity contribution in [1.29, 1.82) is 0 Å². The zero-order valence-electron chi connectivity index (χ0n) is 21.7. The van der Waals surface area contributed by atoms with E-state index in [0.717, 1.165) is 9.75 Å². The Morgan fingerprint density at radius 1 is 1.18 bits per heavy atom. The van der Waals surface area contributed by atoms with E-state index in [1.807, 2.05) is 19.1 Å². The Balaban J connectivity index is 1.91. The molecule has 2 unspecified atom stereocenters. The van der Waals surface area contributed by atoms with Crippen molar-refractivity contribution in [3.63, 3.8) is 0 Å². The van der Waals surface area contributed by atoms with Crippen LogP contribution in [-0.2, 0) is 17.6 Å². The number of nitrogens with one attached hydrogen (secondary N) is 1. The Morgan fingerprint density at radius 3 is 2.55 bits per heavy atom. The molecule has 0 bridgehead atoms. The standard InChI is InChI=1S/C27H34F3NO6S/c1-17(9-6-8-14-31-26(35)36-3)22-16-21(32)23(25(34)37-22)24(33)18(2)15-20-12-11-19(38-20)10-5-4-7-13-27(28,29)30/h8,11-12,14,16-18,32H,4-7,9-10,13,15H2,1-3H3,(H,31,35)/b14-8+. The van der Waals surface area contributed by atoms with Crippen LogP contribution in [0.5, 0.6) is 5.75 Å². The number of hydrogen-bond acceptors (Lipinski definition) is 7. The minimum absolute atomic E-state index is 0.114. The molecule has 2 aromatic rings. The first-order chi connectivity index (χ1) is 17.9. The lowest BCUT2D eigenvalue weighted by molar-refractivity contribution is -0.135. The van der Waals surface area contributed by atoms with Gasteiger partial charge in [0.2, 0.25) is 0 Å². The number of halogens is 3. The maximum atomic E-state index is 13.0. The lowest BCUT2D eigenvalue weighted by Crippen LogP contribution is -2.22. The molecule has 0 radical (unpaired) electrons. The van der Waals surface area contributed by atoms with Gasteiger partial charge < -0.3 is 14.3 Å². The van der Waals surface area contributed by atoms with Crippen molar-refractivity contribution in [3.8, 4) is 5.75 Å². The third kappa shape index (κ3) is 10.4. The Kier molecular flexibility index (Phi) is 12.1. The molecule has 0 aliphatic heterocycles. The Labute approximate surface area is 223 Å². The Morgan fingerprint density at radius 2 is 1.89 bits per heavy atom. The normalized spacial score (nSPS) is 13.4. The Hall–Kier alpha value is -3.08. The number of alkyl carbamates (subject to hydrolysis) is 1. The highest BCUT2D eigenvalue weighted by Crippen LogP contribution is 2.28. The fraction of sp³-hybridized carbons (Fsp3) is 0.519. The lowest BCUT2D eigenvalue weighted by Gasteiger charge is -2.13. The highest BCUT2D eigenvalue weighted by atomic mass is 32.1. The fourth-order valence-corrected chi connectivity index (χ4v) is 5.02. The number of rotatable bonds is 14. The van der Waals surface area contributed by atoms with E-state index in [4.69, 9.17) is 4.42 Å². The molecule has 0 aliphatic rings. The summed E-state index contributed by atoms with van der Waals surface area (Å²) in [5, 5.41) is 12.9. The SMILES string of the molecule is COC(=O)N/C=C/CCC(C)c1cc(O)c(C(=O)C(C)Cc2ccc(CCCCCC(F)(F)F)s2)c(=O)o1. The fourth-order valence-electron chi connectivity index (χ4n) is 3.84. The van der Waals surface area contributed by atoms with Gasteiger partial charge in [0.25, 0.3) is 0 Å². The number of methoxy groups -OCH3 is 1. The highest BCUT2D eigenvalue weighted by Gasteiger charge is 2.26. The van der Waals surface area contributed by atoms with Crippen LogP contribution in [0.1, 0.15) is 84.2 Å². The van der Waals surface area contributed by atoms with E-state index < -0.39 is 41.8 Å². The number of carbonyl (C=O) groups excluding carboxylic acids is 2. The van der Waals surface area contributed by atoms with E-state index in [-0.39, 0.29) is 23.7 Å². The van der Waals surface area contributed by atoms with Gasteiger partial charge in [0.05, 0.1) is 7.11 Å². The van der Waals surface area contributed by atoms with Crippen molar-refractivity contribution in [1.82, 2.24) is 5.32 Å². The average molecular weight is 558 g/mol. The lowest BCUT2D eigenvalue weighted by atomic mass is 9.95. The minimum atomic E-state index is -4.12. The number of ketones is 1. The summed E-state index contributed by atoms with van der Waals surface area (Å²) in [5.41, 5.74) is -1.27. The maximum absolute atomic E-state index is 13.0. The number of amides is 1. The van der Waals surface area contributed by atoms with Crippen molar-refractivity contribution >= 4 is 23.2 Å². The van der Waals surface area contributed by atoms with Gasteiger partial charge in [0.15, 0.2) is 5.78 Å². The summed E-state index contributed by atoms with van der Waals surface area (Å²) in [6.07, 6.45) is 1.12. The second-order valence-electron chi connectivity index (χ2n) is 9.23. The van der Waals surface area contributed by atoms with Crippen molar-refractivity contribution in [2.24, 2.45) is 5.92 Å². The summed E-state index contributed by atoms with van der Waals surface area (Å²) in [6.45, 7) is 3.48. The second-order valence-corrected chi connectivity index (χ2v) is 10.5. The third-order valence-corrected chi connectivity index (χ3v) is 7.18. The largest absolute Gasteiger partial charge is 0.507 e. The van der Waals surface area contributed by atoms with E-state index in [0.29, 0.717) is 38.5 Å². The monoisotopic (exact) mass is 557 g/mol. The highest BCUT2D eigenvalue weighted by molar-refractivity contribution is 7.12. The molecule has 0 aliphatic carbocycles. The average Bonchev–Trinajstić information content (AvgIpc) is 3.28. The zero-order valence-corrected chi connectivity index (χ0v) is 22.5. The van der Waals surface area contributed by atoms with Crippen molar-refractivity contribution in [3.05, 3.63) is 62.0 Å². The number of Topliss-reactive ketones (excluding diaryl/α,β-unsaturated/α-hetero) is 1. The summed E-state index contributed by atoms with van der Waals surface area (Å²) >= 11 is 1.49. The van der Waals surface area contributed by atoms with Crippen molar-refractivity contribution in [2.75, 3.05) is 7.11 Å². The first-order valence-corrected chi connectivity index (χ1v) is 13.3. The number of unbranched alkanes of at least 4 members (excludes halogenated alkanes) is 2. The second kappa shape index (κ2) is 14.8. The molecular formula is C27H34F3NO6S. The number of aromatic hydroxyl groups is 1. The molecule has 2 aromatic heterocycles. The Bertz CT molecular complexity index is 1150. The van der Waals surface area contributed by atoms with E-state index in [2.05, 4.69) is 10.1 Å². The smallest absolute Gasteiger partial charge is 0.410 e. The number of allylic oxidation sites excluding steroid dienone is 1. The van der Waals surface area contributed by atoms with Crippen LogP contribution in [0.3, 0.4) is 0 Å². The molecule has 11 heteroatoms. The van der Waals surface area contributed by atoms with E-state index in [1.165, 1.54) is 30.7 Å². The number of aryl methyl sites for hydroxylation is 1. The van der Waals surface area contributed by atoms with Gasteiger partial charge in [-0.1, -0.05) is 26.3 Å². The number of alkyl halides is 3. The predicted molar refractivity (Wildman–Crippen MR) is 139 cm³/mol. The molecule has 2 atom stereocenters. The topological polar surface area (TPSA) is 106 Å². The van der Waals surface area contributed by atoms with Crippen LogP contribution in [0, 0.1) is 5.92 Å². The first kappa shape index (κ1) is 31.1. The van der Waals surface area contributed by atoms with Gasteiger partial charge in [0, 0.05) is 40.3 Å². The molecule has 38 heavy (non-hydrogen) atoms. The third-order valence-electron chi connectivity index (χ3n) is 6.01. The summed E-state index contributed by atoms with van der Waals surface area (Å²) in [7, 11) is 1.26. The van der Waals surface area contributed by atoms with Gasteiger partial charge in [-0.2, -0.15) is 13.2 Å². The van der Waals surface area contributed by atoms with E-state index in [1.54, 1.807) is 13.0 Å². The molecule has 2 N–H and O–H groups in total. The molecule has 0 aromatic carbocycles. The molecule has 1 amide bonds. The van der Waals surface area contributed by atoms with Crippen molar-refractivity contribution in [2.45, 2.75) is 77.3 Å². The van der Waals surface area contributed by atoms with Gasteiger partial charge in [-0.3, -0.25) is 10.1 Å². The van der Waals surface area contributed by atoms with Gasteiger partial charge in [-0.25, -0.2) is 9.59 Å². The van der Waals surface area contributed by atoms with Crippen LogP contribution in [0.25, 0.3) is 0 Å². The van der Waals surface area contributed by atoms with Gasteiger partial charge in [0.1, 0.15) is 17.1 Å². The summed E-state index contributed by atoms with van der Waals surface area (Å²) in [5.74, 6) is -1.50. The molecule has 2 heterocycles. The summed E-state index contributed by atoms with van der Waals surface area (Å²) < 4.78 is 46.5. The van der Waals surface area contributed by atoms with Gasteiger partial charge in [-0.15, -0.1) is 11.3 Å². The molecule has 0 saturated heterocycles. The first-order valence-electron chi connectivity index (χ1n) is 12.5. The number of ether oxygens (including phenoxy) is 1. The van der Waals surface area contributed by atoms with Crippen LogP contribution in [0.15, 0.2) is 39.7 Å². The minimum Gasteiger partial charge on any atom is -0.507 e. The van der Waals surface area contributed by atoms with E-state index in [9.17, 15) is 32.7 Å². The summed E-state index contributed by atoms with van der Waals surface area (Å²) in [6, 6.07) is 5.08. The van der Waals surface area contributed by atoms with Crippen LogP contribution in [0.2, 0.25) is 0 Å². The van der Waals surface area contributed by atoms with Gasteiger partial charge in [-0.05, 0) is 50.7 Å². The quantitative estimate of drug-likeness (QED) is 0.194.